The van der Waals surface area contributed by atoms with Crippen molar-refractivity contribution < 1.29 is 19.8 Å². The number of ketones is 2. The lowest BCUT2D eigenvalue weighted by atomic mass is 9.88. The first kappa shape index (κ1) is 40.0. The van der Waals surface area contributed by atoms with Gasteiger partial charge in [0.2, 0.25) is 0 Å². The number of rotatable bonds is 13. The van der Waals surface area contributed by atoms with E-state index in [2.05, 4.69) is 74.7 Å². The van der Waals surface area contributed by atoms with Crippen molar-refractivity contribution in [3.8, 4) is 0 Å². The standard InChI is InChI=1S/C46H56N2O4/c1-25-13-26(2)20-37(19-25)43(47-23-39(35(11)49)45(51)41-31(7)15-29(5)16-32(41)8)44(38-21-27(3)14-28(4)22-38)48-24-40(36(12)50)46(52)42-33(9)17-30(6)18-34(42)10/h13-22,43-44,47-48,51-52H,23-24H2,1-12H3/t43-,44-/m0/s1. The summed E-state index contributed by atoms with van der Waals surface area (Å²) in [4.78, 5) is 26.5. The number of hydrogen-bond donors (Lipinski definition) is 4. The van der Waals surface area contributed by atoms with Crippen LogP contribution in [-0.4, -0.2) is 34.9 Å². The molecule has 0 unspecified atom stereocenters. The van der Waals surface area contributed by atoms with Crippen LogP contribution in [-0.2, 0) is 9.59 Å². The number of aliphatic hydroxyl groups is 2. The number of Topliss-reactive ketones (excluding diaryl/α,β-unsaturated/α-hetero) is 2. The van der Waals surface area contributed by atoms with Gasteiger partial charge in [0, 0.05) is 24.2 Å². The molecular weight excluding hydrogens is 645 g/mol. The zero-order valence-electron chi connectivity index (χ0n) is 33.1. The summed E-state index contributed by atoms with van der Waals surface area (Å²) in [6.07, 6.45) is 0. The van der Waals surface area contributed by atoms with Crippen LogP contribution in [0, 0.1) is 69.2 Å². The predicted molar refractivity (Wildman–Crippen MR) is 215 cm³/mol. The Morgan fingerprint density at radius 1 is 0.462 bits per heavy atom. The van der Waals surface area contributed by atoms with Crippen molar-refractivity contribution >= 4 is 23.1 Å². The number of carbonyl (C=O) groups is 2. The maximum atomic E-state index is 13.3. The first-order chi connectivity index (χ1) is 24.4. The van der Waals surface area contributed by atoms with Gasteiger partial charge < -0.3 is 20.8 Å². The van der Waals surface area contributed by atoms with Gasteiger partial charge in [-0.25, -0.2) is 0 Å². The van der Waals surface area contributed by atoms with Crippen LogP contribution in [0.3, 0.4) is 0 Å². The summed E-state index contributed by atoms with van der Waals surface area (Å²) in [6, 6.07) is 20.0. The van der Waals surface area contributed by atoms with E-state index in [4.69, 9.17) is 0 Å². The minimum atomic E-state index is -0.416. The lowest BCUT2D eigenvalue weighted by Gasteiger charge is -2.32. The van der Waals surface area contributed by atoms with Crippen LogP contribution >= 0.6 is 0 Å². The van der Waals surface area contributed by atoms with Crippen LogP contribution < -0.4 is 10.6 Å². The molecule has 0 fully saturated rings. The van der Waals surface area contributed by atoms with E-state index >= 15 is 0 Å². The number of nitrogens with one attached hydrogen (secondary N) is 2. The smallest absolute Gasteiger partial charge is 0.160 e. The highest BCUT2D eigenvalue weighted by atomic mass is 16.3. The molecule has 6 nitrogen and oxygen atoms in total. The molecule has 6 heteroatoms. The predicted octanol–water partition coefficient (Wildman–Crippen LogP) is 9.85. The van der Waals surface area contributed by atoms with Gasteiger partial charge in [-0.05, 0) is 116 Å². The van der Waals surface area contributed by atoms with Gasteiger partial charge in [0.1, 0.15) is 11.5 Å². The van der Waals surface area contributed by atoms with Crippen molar-refractivity contribution in [2.24, 2.45) is 0 Å². The van der Waals surface area contributed by atoms with Crippen LogP contribution in [0.5, 0.6) is 0 Å². The number of carbonyl (C=O) groups excluding carboxylic acids is 2. The molecule has 4 aromatic rings. The molecule has 2 atom stereocenters. The highest BCUT2D eigenvalue weighted by Gasteiger charge is 2.29. The Labute approximate surface area is 310 Å². The average Bonchev–Trinajstić information content (AvgIpc) is 2.99. The third-order valence-corrected chi connectivity index (χ3v) is 9.79. The maximum Gasteiger partial charge on any atom is 0.160 e. The molecule has 274 valence electrons. The van der Waals surface area contributed by atoms with Gasteiger partial charge in [0.15, 0.2) is 11.6 Å². The third-order valence-electron chi connectivity index (χ3n) is 9.79. The van der Waals surface area contributed by atoms with Gasteiger partial charge in [-0.1, -0.05) is 94.0 Å². The molecule has 0 heterocycles. The summed E-state index contributed by atoms with van der Waals surface area (Å²) in [5.74, 6) is -0.508. The second kappa shape index (κ2) is 16.7. The van der Waals surface area contributed by atoms with Gasteiger partial charge >= 0.3 is 0 Å². The Morgan fingerprint density at radius 3 is 0.962 bits per heavy atom. The summed E-state index contributed by atoms with van der Waals surface area (Å²) in [6.45, 7) is 23.2. The monoisotopic (exact) mass is 700 g/mol. The number of benzene rings is 4. The van der Waals surface area contributed by atoms with Gasteiger partial charge in [-0.2, -0.15) is 0 Å². The molecule has 0 saturated carbocycles. The maximum absolute atomic E-state index is 13.3. The number of aliphatic hydroxyl groups excluding tert-OH is 2. The second-order valence-corrected chi connectivity index (χ2v) is 14.9. The average molecular weight is 701 g/mol. The first-order valence-corrected chi connectivity index (χ1v) is 18.0. The van der Waals surface area contributed by atoms with Crippen molar-refractivity contribution in [1.29, 1.82) is 0 Å². The molecule has 0 aliphatic carbocycles. The quantitative estimate of drug-likeness (QED) is 0.0819. The van der Waals surface area contributed by atoms with E-state index in [0.29, 0.717) is 11.1 Å². The Morgan fingerprint density at radius 2 is 0.712 bits per heavy atom. The Balaban J connectivity index is 1.90. The fraction of sp³-hybridized carbons (Fsp3) is 0.348. The van der Waals surface area contributed by atoms with E-state index in [1.54, 1.807) is 0 Å². The minimum absolute atomic E-state index is 0.0272. The summed E-state index contributed by atoms with van der Waals surface area (Å²) in [5.41, 5.74) is 14.0. The van der Waals surface area contributed by atoms with E-state index in [1.165, 1.54) is 13.8 Å². The van der Waals surface area contributed by atoms with Crippen LogP contribution in [0.4, 0.5) is 0 Å². The first-order valence-electron chi connectivity index (χ1n) is 18.0. The van der Waals surface area contributed by atoms with E-state index in [0.717, 1.165) is 66.8 Å². The molecule has 0 bridgehead atoms. The van der Waals surface area contributed by atoms with Gasteiger partial charge in [0.25, 0.3) is 0 Å². The Bertz CT molecular complexity index is 1850. The SMILES string of the molecule is CC(=O)C(CN[C@@H](c1cc(C)cc(C)c1)[C@@H](NCC(C(C)=O)=C(O)c1c(C)cc(C)cc1C)c1cc(C)cc(C)c1)=C(O)c1c(C)cc(C)cc1C. The van der Waals surface area contributed by atoms with Crippen molar-refractivity contribution in [3.05, 3.63) is 150 Å². The van der Waals surface area contributed by atoms with E-state index in [-0.39, 0.29) is 47.3 Å². The molecule has 0 radical (unpaired) electrons. The molecule has 4 rings (SSSR count). The molecule has 0 amide bonds. The molecule has 0 aliphatic heterocycles. The molecule has 0 aliphatic rings. The zero-order valence-corrected chi connectivity index (χ0v) is 33.1. The van der Waals surface area contributed by atoms with Gasteiger partial charge in [-0.15, -0.1) is 0 Å². The molecule has 0 spiro atoms. The van der Waals surface area contributed by atoms with Crippen molar-refractivity contribution in [2.75, 3.05) is 13.1 Å². The van der Waals surface area contributed by atoms with Crippen molar-refractivity contribution in [2.45, 2.75) is 95.2 Å². The largest absolute Gasteiger partial charge is 0.507 e. The lowest BCUT2D eigenvalue weighted by molar-refractivity contribution is -0.114. The van der Waals surface area contributed by atoms with Gasteiger partial charge in [0.05, 0.1) is 23.2 Å². The fourth-order valence-electron chi connectivity index (χ4n) is 7.82. The molecule has 4 aromatic carbocycles. The molecule has 4 N–H and O–H groups in total. The van der Waals surface area contributed by atoms with Crippen LogP contribution in [0.2, 0.25) is 0 Å². The fourth-order valence-corrected chi connectivity index (χ4v) is 7.82. The van der Waals surface area contributed by atoms with E-state index < -0.39 is 12.1 Å². The van der Waals surface area contributed by atoms with Crippen LogP contribution in [0.25, 0.3) is 11.5 Å². The Hall–Kier alpha value is -4.78. The number of aryl methyl sites for hydroxylation is 10. The highest BCUT2D eigenvalue weighted by Crippen LogP contribution is 2.34. The topological polar surface area (TPSA) is 98.7 Å². The number of hydrogen-bond acceptors (Lipinski definition) is 6. The van der Waals surface area contributed by atoms with Crippen molar-refractivity contribution in [1.82, 2.24) is 10.6 Å². The molecular formula is C46H56N2O4. The molecule has 0 aromatic heterocycles. The minimum Gasteiger partial charge on any atom is -0.507 e. The summed E-state index contributed by atoms with van der Waals surface area (Å²) in [7, 11) is 0. The van der Waals surface area contributed by atoms with Crippen LogP contribution in [0.15, 0.2) is 71.8 Å². The lowest BCUT2D eigenvalue weighted by Crippen LogP contribution is -2.38. The summed E-state index contributed by atoms with van der Waals surface area (Å²) in [5, 5.41) is 30.8. The van der Waals surface area contributed by atoms with E-state index in [9.17, 15) is 19.8 Å². The second-order valence-electron chi connectivity index (χ2n) is 14.9. The van der Waals surface area contributed by atoms with Crippen LogP contribution in [0.1, 0.15) is 104 Å². The molecule has 52 heavy (non-hydrogen) atoms. The van der Waals surface area contributed by atoms with Gasteiger partial charge in [-0.3, -0.25) is 9.59 Å². The molecule has 0 saturated heterocycles. The summed E-state index contributed by atoms with van der Waals surface area (Å²) >= 11 is 0. The normalized spacial score (nSPS) is 13.7. The highest BCUT2D eigenvalue weighted by molar-refractivity contribution is 6.01. The summed E-state index contributed by atoms with van der Waals surface area (Å²) < 4.78 is 0. The third kappa shape index (κ3) is 9.36. The van der Waals surface area contributed by atoms with Crippen molar-refractivity contribution in [3.63, 3.8) is 0 Å². The Kier molecular flexibility index (Phi) is 12.8. The van der Waals surface area contributed by atoms with E-state index in [1.807, 2.05) is 65.8 Å². The zero-order chi connectivity index (χ0) is 38.6.